The van der Waals surface area contributed by atoms with Crippen LogP contribution in [0.2, 0.25) is 0 Å². The molecule has 20 heavy (non-hydrogen) atoms. The summed E-state index contributed by atoms with van der Waals surface area (Å²) in [5, 5.41) is 8.51. The van der Waals surface area contributed by atoms with Gasteiger partial charge in [0.15, 0.2) is 0 Å². The van der Waals surface area contributed by atoms with Gasteiger partial charge in [-0.15, -0.1) is 0 Å². The summed E-state index contributed by atoms with van der Waals surface area (Å²) in [7, 11) is -2.16. The monoisotopic (exact) mass is 304 g/mol. The fourth-order valence-corrected chi connectivity index (χ4v) is 2.71. The van der Waals surface area contributed by atoms with Crippen molar-refractivity contribution in [2.24, 2.45) is 0 Å². The molecule has 0 aliphatic rings. The molecule has 8 heteroatoms. The number of aliphatic hydroxyl groups excluding tert-OH is 1. The van der Waals surface area contributed by atoms with Crippen LogP contribution in [0.5, 0.6) is 5.75 Å². The lowest BCUT2D eigenvalue weighted by atomic mass is 10.3. The first-order valence-electron chi connectivity index (χ1n) is 6.13. The Labute approximate surface area is 118 Å². The Kier molecular flexibility index (Phi) is 6.73. The van der Waals surface area contributed by atoms with Crippen molar-refractivity contribution in [1.82, 2.24) is 4.72 Å². The highest BCUT2D eigenvalue weighted by atomic mass is 32.2. The number of nitrogens with two attached hydrogens (primary N) is 1. The van der Waals surface area contributed by atoms with Crippen molar-refractivity contribution < 1.29 is 23.0 Å². The summed E-state index contributed by atoms with van der Waals surface area (Å²) in [5.41, 5.74) is 5.83. The molecule has 0 saturated heterocycles. The van der Waals surface area contributed by atoms with Gasteiger partial charge in [0.1, 0.15) is 10.6 Å². The van der Waals surface area contributed by atoms with Gasteiger partial charge in [0.05, 0.1) is 26.0 Å². The second kappa shape index (κ2) is 8.05. The SMILES string of the molecule is COc1ccc(S(=O)(=O)NCCCOCCO)c(N)c1. The topological polar surface area (TPSA) is 111 Å². The van der Waals surface area contributed by atoms with E-state index in [0.717, 1.165) is 0 Å². The second-order valence-corrected chi connectivity index (χ2v) is 5.73. The van der Waals surface area contributed by atoms with Crippen LogP contribution in [-0.2, 0) is 14.8 Å². The van der Waals surface area contributed by atoms with Crippen LogP contribution in [0.4, 0.5) is 5.69 Å². The van der Waals surface area contributed by atoms with Crippen LogP contribution in [0.1, 0.15) is 6.42 Å². The molecule has 114 valence electrons. The molecule has 1 aromatic rings. The maximum absolute atomic E-state index is 12.0. The fraction of sp³-hybridized carbons (Fsp3) is 0.500. The van der Waals surface area contributed by atoms with Crippen molar-refractivity contribution in [3.05, 3.63) is 18.2 Å². The minimum atomic E-state index is -3.64. The van der Waals surface area contributed by atoms with Crippen molar-refractivity contribution in [1.29, 1.82) is 0 Å². The van der Waals surface area contributed by atoms with Gasteiger partial charge in [0, 0.05) is 19.2 Å². The van der Waals surface area contributed by atoms with E-state index in [1.165, 1.54) is 25.3 Å². The summed E-state index contributed by atoms with van der Waals surface area (Å²) in [6.07, 6.45) is 0.509. The molecule has 0 aliphatic heterocycles. The molecule has 1 rings (SSSR count). The summed E-state index contributed by atoms with van der Waals surface area (Å²) >= 11 is 0. The normalized spacial score (nSPS) is 11.5. The number of nitrogen functional groups attached to an aromatic ring is 1. The van der Waals surface area contributed by atoms with Crippen LogP contribution in [0.15, 0.2) is 23.1 Å². The number of nitrogens with one attached hydrogen (secondary N) is 1. The number of ether oxygens (including phenoxy) is 2. The average Bonchev–Trinajstić information content (AvgIpc) is 2.42. The first-order valence-corrected chi connectivity index (χ1v) is 7.61. The van der Waals surface area contributed by atoms with Crippen LogP contribution in [0, 0.1) is 0 Å². The number of rotatable bonds is 9. The van der Waals surface area contributed by atoms with Gasteiger partial charge in [0.2, 0.25) is 10.0 Å². The summed E-state index contributed by atoms with van der Waals surface area (Å²) in [6.45, 7) is 0.812. The average molecular weight is 304 g/mol. The number of methoxy groups -OCH3 is 1. The van der Waals surface area contributed by atoms with Crippen molar-refractivity contribution in [3.8, 4) is 5.75 Å². The van der Waals surface area contributed by atoms with E-state index in [-0.39, 0.29) is 30.3 Å². The zero-order valence-electron chi connectivity index (χ0n) is 11.3. The molecule has 0 heterocycles. The van der Waals surface area contributed by atoms with Crippen molar-refractivity contribution in [2.45, 2.75) is 11.3 Å². The van der Waals surface area contributed by atoms with Gasteiger partial charge < -0.3 is 20.3 Å². The van der Waals surface area contributed by atoms with Gasteiger partial charge in [0.25, 0.3) is 0 Å². The highest BCUT2D eigenvalue weighted by Gasteiger charge is 2.17. The van der Waals surface area contributed by atoms with Crippen molar-refractivity contribution in [3.63, 3.8) is 0 Å². The molecule has 0 aliphatic carbocycles. The van der Waals surface area contributed by atoms with Crippen LogP contribution >= 0.6 is 0 Å². The van der Waals surface area contributed by atoms with E-state index >= 15 is 0 Å². The molecule has 4 N–H and O–H groups in total. The molecule has 0 amide bonds. The highest BCUT2D eigenvalue weighted by molar-refractivity contribution is 7.89. The fourth-order valence-electron chi connectivity index (χ4n) is 1.52. The molecule has 0 unspecified atom stereocenters. The lowest BCUT2D eigenvalue weighted by Gasteiger charge is -2.10. The summed E-state index contributed by atoms with van der Waals surface area (Å²) in [4.78, 5) is 0.0228. The molecule has 0 fully saturated rings. The Balaban J connectivity index is 2.56. The molecular weight excluding hydrogens is 284 g/mol. The third-order valence-electron chi connectivity index (χ3n) is 2.50. The van der Waals surface area contributed by atoms with E-state index in [4.69, 9.17) is 20.3 Å². The smallest absolute Gasteiger partial charge is 0.242 e. The van der Waals surface area contributed by atoms with Gasteiger partial charge in [-0.25, -0.2) is 13.1 Å². The predicted molar refractivity (Wildman–Crippen MR) is 75.1 cm³/mol. The summed E-state index contributed by atoms with van der Waals surface area (Å²) in [5.74, 6) is 0.499. The van der Waals surface area contributed by atoms with E-state index in [2.05, 4.69) is 4.72 Å². The number of sulfonamides is 1. The molecule has 0 atom stereocenters. The first-order chi connectivity index (χ1) is 9.51. The number of aliphatic hydroxyl groups is 1. The quantitative estimate of drug-likeness (QED) is 0.436. The Morgan fingerprint density at radius 2 is 2.10 bits per heavy atom. The lowest BCUT2D eigenvalue weighted by molar-refractivity contribution is 0.0913. The molecule has 7 nitrogen and oxygen atoms in total. The minimum absolute atomic E-state index is 0.0228. The van der Waals surface area contributed by atoms with Crippen LogP contribution in [0.25, 0.3) is 0 Å². The van der Waals surface area contributed by atoms with E-state index in [1.807, 2.05) is 0 Å². The van der Waals surface area contributed by atoms with Crippen LogP contribution < -0.4 is 15.2 Å². The number of benzene rings is 1. The third-order valence-corrected chi connectivity index (χ3v) is 4.03. The van der Waals surface area contributed by atoms with Gasteiger partial charge in [-0.3, -0.25) is 0 Å². The van der Waals surface area contributed by atoms with Crippen LogP contribution in [-0.4, -0.2) is 47.0 Å². The molecule has 0 spiro atoms. The highest BCUT2D eigenvalue weighted by Crippen LogP contribution is 2.23. The second-order valence-electron chi connectivity index (χ2n) is 3.99. The maximum atomic E-state index is 12.0. The van der Waals surface area contributed by atoms with Crippen LogP contribution in [0.3, 0.4) is 0 Å². The Bertz CT molecular complexity index is 519. The number of hydrogen-bond acceptors (Lipinski definition) is 6. The van der Waals surface area contributed by atoms with Gasteiger partial charge in [-0.2, -0.15) is 0 Å². The Hall–Kier alpha value is -1.35. The standard InChI is InChI=1S/C12H20N2O5S/c1-18-10-3-4-12(11(13)9-10)20(16,17)14-5-2-7-19-8-6-15/h3-4,9,14-15H,2,5-8,13H2,1H3. The van der Waals surface area contributed by atoms with E-state index in [9.17, 15) is 8.42 Å². The number of hydrogen-bond donors (Lipinski definition) is 3. The molecular formula is C12H20N2O5S. The van der Waals surface area contributed by atoms with E-state index < -0.39 is 10.0 Å². The molecule has 0 saturated carbocycles. The zero-order valence-corrected chi connectivity index (χ0v) is 12.1. The van der Waals surface area contributed by atoms with E-state index in [1.54, 1.807) is 0 Å². The number of anilines is 1. The Morgan fingerprint density at radius 1 is 1.35 bits per heavy atom. The summed E-state index contributed by atoms with van der Waals surface area (Å²) < 4.78 is 36.5. The van der Waals surface area contributed by atoms with Crippen molar-refractivity contribution >= 4 is 15.7 Å². The van der Waals surface area contributed by atoms with E-state index in [0.29, 0.717) is 18.8 Å². The van der Waals surface area contributed by atoms with Crippen molar-refractivity contribution in [2.75, 3.05) is 39.2 Å². The molecule has 0 bridgehead atoms. The predicted octanol–water partition coefficient (Wildman–Crippen LogP) is -0.0453. The van der Waals surface area contributed by atoms with Gasteiger partial charge in [-0.1, -0.05) is 0 Å². The molecule has 0 radical (unpaired) electrons. The lowest BCUT2D eigenvalue weighted by Crippen LogP contribution is -2.26. The first kappa shape index (κ1) is 16.7. The molecule has 1 aromatic carbocycles. The van der Waals surface area contributed by atoms with Gasteiger partial charge in [-0.05, 0) is 18.6 Å². The van der Waals surface area contributed by atoms with Gasteiger partial charge >= 0.3 is 0 Å². The molecule has 0 aromatic heterocycles. The largest absolute Gasteiger partial charge is 0.497 e. The maximum Gasteiger partial charge on any atom is 0.242 e. The zero-order chi connectivity index (χ0) is 15.0. The minimum Gasteiger partial charge on any atom is -0.497 e. The Morgan fingerprint density at radius 3 is 2.70 bits per heavy atom. The third kappa shape index (κ3) is 4.97. The summed E-state index contributed by atoms with van der Waals surface area (Å²) in [6, 6.07) is 4.40.